The van der Waals surface area contributed by atoms with Crippen molar-refractivity contribution in [1.82, 2.24) is 9.80 Å². The minimum Gasteiger partial charge on any atom is -0.475 e. The Morgan fingerprint density at radius 1 is 1.39 bits per heavy atom. The lowest BCUT2D eigenvalue weighted by Crippen LogP contribution is -2.46. The second-order valence-electron chi connectivity index (χ2n) is 7.33. The molecule has 0 saturated carbocycles. The number of hydrogen-bond acceptors (Lipinski definition) is 5. The van der Waals surface area contributed by atoms with Gasteiger partial charge in [-0.1, -0.05) is 0 Å². The third-order valence-electron chi connectivity index (χ3n) is 4.94. The monoisotopic (exact) mass is 422 g/mol. The van der Waals surface area contributed by atoms with E-state index in [1.807, 2.05) is 23.3 Å². The lowest BCUT2D eigenvalue weighted by molar-refractivity contribution is -0.192. The Morgan fingerprint density at radius 3 is 2.54 bits per heavy atom. The standard InChI is InChI=1S/C16H24N2O2S.C2HF3O2/c1-11-5-7-21-15(11)16(19)18-6-4-12-10-20-14(9-17(2)3)13(12)8-18;3-2(4,5)1(6)7/h5,7,12-14H,4,6,8-10H2,1-3H3;(H,6,7)/t12-,13-,14+;/m0./s1. The smallest absolute Gasteiger partial charge is 0.475 e. The van der Waals surface area contributed by atoms with E-state index < -0.39 is 12.1 Å². The van der Waals surface area contributed by atoms with Crippen molar-refractivity contribution < 1.29 is 32.6 Å². The number of carboxylic acid groups (broad SMARTS) is 1. The highest BCUT2D eigenvalue weighted by atomic mass is 32.1. The number of aryl methyl sites for hydroxylation is 1. The molecule has 0 bridgehead atoms. The van der Waals surface area contributed by atoms with Crippen LogP contribution >= 0.6 is 11.3 Å². The van der Waals surface area contributed by atoms with Crippen LogP contribution in [0.4, 0.5) is 13.2 Å². The first-order valence-electron chi connectivity index (χ1n) is 8.90. The van der Waals surface area contributed by atoms with Crippen molar-refractivity contribution in [2.75, 3.05) is 40.3 Å². The van der Waals surface area contributed by atoms with Crippen LogP contribution < -0.4 is 0 Å². The van der Waals surface area contributed by atoms with Crippen LogP contribution in [0.15, 0.2) is 11.4 Å². The van der Waals surface area contributed by atoms with Crippen LogP contribution in [0.2, 0.25) is 0 Å². The lowest BCUT2D eigenvalue weighted by Gasteiger charge is -2.36. The predicted molar refractivity (Wildman–Crippen MR) is 98.5 cm³/mol. The van der Waals surface area contributed by atoms with E-state index >= 15 is 0 Å². The Balaban J connectivity index is 0.000000345. The molecule has 0 aromatic carbocycles. The van der Waals surface area contributed by atoms with E-state index in [9.17, 15) is 18.0 Å². The van der Waals surface area contributed by atoms with Crippen molar-refractivity contribution in [3.63, 3.8) is 0 Å². The summed E-state index contributed by atoms with van der Waals surface area (Å²) in [5, 5.41) is 9.13. The number of fused-ring (bicyclic) bond motifs is 1. The van der Waals surface area contributed by atoms with Gasteiger partial charge in [-0.3, -0.25) is 4.79 Å². The minimum atomic E-state index is -5.08. The van der Waals surface area contributed by atoms with E-state index in [4.69, 9.17) is 14.6 Å². The molecule has 28 heavy (non-hydrogen) atoms. The van der Waals surface area contributed by atoms with E-state index in [1.54, 1.807) is 11.3 Å². The molecule has 0 aliphatic carbocycles. The summed E-state index contributed by atoms with van der Waals surface area (Å²) in [6, 6.07) is 2.03. The van der Waals surface area contributed by atoms with Gasteiger partial charge in [0.1, 0.15) is 0 Å². The maximum atomic E-state index is 12.7. The molecular weight excluding hydrogens is 397 g/mol. The Morgan fingerprint density at radius 2 is 2.04 bits per heavy atom. The summed E-state index contributed by atoms with van der Waals surface area (Å²) in [5.74, 6) is -1.43. The van der Waals surface area contributed by atoms with E-state index in [2.05, 4.69) is 19.0 Å². The number of amides is 1. The van der Waals surface area contributed by atoms with Gasteiger partial charge < -0.3 is 19.6 Å². The molecule has 1 N–H and O–H groups in total. The van der Waals surface area contributed by atoms with E-state index in [0.29, 0.717) is 11.8 Å². The number of ether oxygens (including phenoxy) is 1. The SMILES string of the molecule is Cc1ccsc1C(=O)N1CC[C@H]2CO[C@H](CN(C)C)[C@H]2C1.O=C(O)C(F)(F)F. The molecule has 2 aliphatic heterocycles. The molecule has 0 radical (unpaired) electrons. The van der Waals surface area contributed by atoms with Crippen molar-refractivity contribution in [2.24, 2.45) is 11.8 Å². The molecule has 10 heteroatoms. The average Bonchev–Trinajstić information content (AvgIpc) is 3.19. The molecule has 158 valence electrons. The topological polar surface area (TPSA) is 70.1 Å². The number of hydrogen-bond donors (Lipinski definition) is 1. The number of likely N-dealkylation sites (tertiary alicyclic amines) is 1. The quantitative estimate of drug-likeness (QED) is 0.811. The number of piperidine rings is 1. The molecule has 3 rings (SSSR count). The third kappa shape index (κ3) is 5.68. The first-order valence-corrected chi connectivity index (χ1v) is 9.78. The van der Waals surface area contributed by atoms with Crippen LogP contribution in [-0.2, 0) is 9.53 Å². The van der Waals surface area contributed by atoms with Gasteiger partial charge in [-0.25, -0.2) is 4.79 Å². The van der Waals surface area contributed by atoms with E-state index in [1.165, 1.54) is 0 Å². The van der Waals surface area contributed by atoms with Crippen molar-refractivity contribution in [3.8, 4) is 0 Å². The van der Waals surface area contributed by atoms with Crippen LogP contribution in [0.5, 0.6) is 0 Å². The van der Waals surface area contributed by atoms with Gasteiger partial charge in [-0.05, 0) is 50.4 Å². The van der Waals surface area contributed by atoms with Gasteiger partial charge in [0.2, 0.25) is 0 Å². The van der Waals surface area contributed by atoms with Crippen LogP contribution in [0, 0.1) is 18.8 Å². The number of alkyl halides is 3. The van der Waals surface area contributed by atoms with Gasteiger partial charge in [0.25, 0.3) is 5.91 Å². The van der Waals surface area contributed by atoms with Gasteiger partial charge in [0.05, 0.1) is 17.6 Å². The highest BCUT2D eigenvalue weighted by Gasteiger charge is 2.42. The van der Waals surface area contributed by atoms with Crippen molar-refractivity contribution in [1.29, 1.82) is 0 Å². The predicted octanol–water partition coefficient (Wildman–Crippen LogP) is 2.73. The Bertz CT molecular complexity index is 693. The zero-order valence-corrected chi connectivity index (χ0v) is 16.8. The number of rotatable bonds is 3. The molecule has 1 amide bonds. The summed E-state index contributed by atoms with van der Waals surface area (Å²) in [4.78, 5) is 26.7. The number of thiophene rings is 1. The summed E-state index contributed by atoms with van der Waals surface area (Å²) < 4.78 is 37.7. The largest absolute Gasteiger partial charge is 0.490 e. The first-order chi connectivity index (χ1) is 13.0. The number of likely N-dealkylation sites (N-methyl/N-ethyl adjacent to an activating group) is 1. The van der Waals surface area contributed by atoms with E-state index in [0.717, 1.165) is 43.1 Å². The summed E-state index contributed by atoms with van der Waals surface area (Å²) in [6.45, 7) is 5.54. The Kier molecular flexibility index (Phi) is 7.46. The normalized spacial score (nSPS) is 24.5. The Labute approximate surface area is 165 Å². The summed E-state index contributed by atoms with van der Waals surface area (Å²) in [6.07, 6.45) is -3.74. The van der Waals surface area contributed by atoms with Crippen molar-refractivity contribution in [2.45, 2.75) is 25.6 Å². The lowest BCUT2D eigenvalue weighted by atomic mass is 9.84. The van der Waals surface area contributed by atoms with Crippen LogP contribution in [0.25, 0.3) is 0 Å². The zero-order chi connectivity index (χ0) is 21.1. The fourth-order valence-corrected chi connectivity index (χ4v) is 4.39. The number of nitrogens with zero attached hydrogens (tertiary/aromatic N) is 2. The average molecular weight is 422 g/mol. The second-order valence-corrected chi connectivity index (χ2v) is 8.25. The summed E-state index contributed by atoms with van der Waals surface area (Å²) in [5.41, 5.74) is 1.10. The van der Waals surface area contributed by atoms with Gasteiger partial charge in [-0.15, -0.1) is 11.3 Å². The molecule has 6 nitrogen and oxygen atoms in total. The molecule has 3 heterocycles. The number of carboxylic acids is 1. The third-order valence-corrected chi connectivity index (χ3v) is 5.94. The van der Waals surface area contributed by atoms with Gasteiger partial charge in [-0.2, -0.15) is 13.2 Å². The molecule has 2 saturated heterocycles. The number of carbonyl (C=O) groups excluding carboxylic acids is 1. The molecule has 0 unspecified atom stereocenters. The van der Waals surface area contributed by atoms with Crippen LogP contribution in [0.3, 0.4) is 0 Å². The molecule has 1 aromatic heterocycles. The highest BCUT2D eigenvalue weighted by Crippen LogP contribution is 2.35. The fourth-order valence-electron chi connectivity index (χ4n) is 3.50. The molecule has 0 spiro atoms. The fraction of sp³-hybridized carbons (Fsp3) is 0.667. The zero-order valence-electron chi connectivity index (χ0n) is 16.0. The van der Waals surface area contributed by atoms with Gasteiger partial charge in [0, 0.05) is 25.6 Å². The highest BCUT2D eigenvalue weighted by molar-refractivity contribution is 7.12. The number of halogens is 3. The Hall–Kier alpha value is -1.65. The summed E-state index contributed by atoms with van der Waals surface area (Å²) >= 11 is 1.56. The van der Waals surface area contributed by atoms with Crippen LogP contribution in [-0.4, -0.2) is 79.4 Å². The molecular formula is C18H25F3N2O4S. The van der Waals surface area contributed by atoms with Crippen LogP contribution in [0.1, 0.15) is 21.7 Å². The first kappa shape index (κ1) is 22.6. The number of carbonyl (C=O) groups is 2. The molecule has 2 aliphatic rings. The van der Waals surface area contributed by atoms with Gasteiger partial charge in [0.15, 0.2) is 0 Å². The molecule has 1 aromatic rings. The second kappa shape index (κ2) is 9.23. The van der Waals surface area contributed by atoms with E-state index in [-0.39, 0.29) is 12.0 Å². The maximum absolute atomic E-state index is 12.7. The summed E-state index contributed by atoms with van der Waals surface area (Å²) in [7, 11) is 4.16. The van der Waals surface area contributed by atoms with Gasteiger partial charge >= 0.3 is 12.1 Å². The van der Waals surface area contributed by atoms with Crippen molar-refractivity contribution in [3.05, 3.63) is 21.9 Å². The minimum absolute atomic E-state index is 0.205. The maximum Gasteiger partial charge on any atom is 0.490 e. The molecule has 3 atom stereocenters. The molecule has 2 fully saturated rings. The van der Waals surface area contributed by atoms with Crippen molar-refractivity contribution >= 4 is 23.2 Å². The number of aliphatic carboxylic acids is 1.